The van der Waals surface area contributed by atoms with Crippen molar-refractivity contribution in [2.45, 2.75) is 6.61 Å². The summed E-state index contributed by atoms with van der Waals surface area (Å²) in [6, 6.07) is 11.4. The van der Waals surface area contributed by atoms with Gasteiger partial charge in [0, 0.05) is 16.1 Å². The highest BCUT2D eigenvalue weighted by Crippen LogP contribution is 2.25. The molecule has 102 valence electrons. The second-order valence-corrected chi connectivity index (χ2v) is 4.92. The molecule has 2 rings (SSSR count). The van der Waals surface area contributed by atoms with E-state index in [9.17, 15) is 14.9 Å². The van der Waals surface area contributed by atoms with E-state index in [0.29, 0.717) is 21.3 Å². The lowest BCUT2D eigenvalue weighted by molar-refractivity contribution is -0.385. The predicted molar refractivity (Wildman–Crippen MR) is 77.0 cm³/mol. The zero-order valence-electron chi connectivity index (χ0n) is 10.3. The van der Waals surface area contributed by atoms with Crippen LogP contribution < -0.4 is 4.74 Å². The lowest BCUT2D eigenvalue weighted by atomic mass is 10.2. The number of nitro groups is 1. The van der Waals surface area contributed by atoms with Gasteiger partial charge in [0.05, 0.1) is 10.5 Å². The number of halogens is 1. The number of rotatable bonds is 5. The molecule has 0 saturated carbocycles. The number of hydrogen-bond acceptors (Lipinski definition) is 4. The van der Waals surface area contributed by atoms with E-state index < -0.39 is 4.92 Å². The molecule has 0 N–H and O–H groups in total. The van der Waals surface area contributed by atoms with Crippen LogP contribution in [0.25, 0.3) is 0 Å². The molecule has 0 radical (unpaired) electrons. The molecule has 0 heterocycles. The summed E-state index contributed by atoms with van der Waals surface area (Å²) in [5, 5.41) is 11.0. The zero-order chi connectivity index (χ0) is 14.5. The normalized spacial score (nSPS) is 10.1. The van der Waals surface area contributed by atoms with Crippen LogP contribution in [0.2, 0.25) is 0 Å². The quantitative estimate of drug-likeness (QED) is 0.474. The van der Waals surface area contributed by atoms with Gasteiger partial charge in [-0.25, -0.2) is 0 Å². The third kappa shape index (κ3) is 3.42. The van der Waals surface area contributed by atoms with Gasteiger partial charge in [0.2, 0.25) is 0 Å². The topological polar surface area (TPSA) is 69.4 Å². The van der Waals surface area contributed by atoms with Crippen LogP contribution in [0.5, 0.6) is 5.75 Å². The summed E-state index contributed by atoms with van der Waals surface area (Å²) in [6.45, 7) is 0.0614. The van der Waals surface area contributed by atoms with E-state index >= 15 is 0 Å². The molecule has 0 aliphatic rings. The fourth-order valence-corrected chi connectivity index (χ4v) is 2.02. The number of nitrogens with zero attached hydrogens (tertiary/aromatic N) is 1. The summed E-state index contributed by atoms with van der Waals surface area (Å²) >= 11 is 3.20. The van der Waals surface area contributed by atoms with Crippen LogP contribution in [0, 0.1) is 10.1 Å². The lowest BCUT2D eigenvalue weighted by Crippen LogP contribution is -2.01. The van der Waals surface area contributed by atoms with Crippen LogP contribution in [0.3, 0.4) is 0 Å². The third-order valence-corrected chi connectivity index (χ3v) is 3.13. The summed E-state index contributed by atoms with van der Waals surface area (Å²) in [6.07, 6.45) is 0.717. The highest BCUT2D eigenvalue weighted by Gasteiger charge is 2.14. The molecule has 2 aromatic carbocycles. The van der Waals surface area contributed by atoms with Gasteiger partial charge in [-0.05, 0) is 24.3 Å². The molecule has 0 aromatic heterocycles. The van der Waals surface area contributed by atoms with Crippen LogP contribution in [0.1, 0.15) is 15.9 Å². The second kappa shape index (κ2) is 6.29. The van der Waals surface area contributed by atoms with Gasteiger partial charge in [0.15, 0.2) is 0 Å². The van der Waals surface area contributed by atoms with E-state index in [2.05, 4.69) is 15.9 Å². The molecule has 6 heteroatoms. The van der Waals surface area contributed by atoms with E-state index in [-0.39, 0.29) is 12.3 Å². The number of hydrogen-bond donors (Lipinski definition) is 0. The van der Waals surface area contributed by atoms with Crippen LogP contribution in [-0.2, 0) is 6.61 Å². The molecule has 2 aromatic rings. The average Bonchev–Trinajstić information content (AvgIpc) is 2.46. The van der Waals surface area contributed by atoms with Crippen molar-refractivity contribution in [2.75, 3.05) is 0 Å². The molecule has 0 unspecified atom stereocenters. The van der Waals surface area contributed by atoms with Crippen LogP contribution in [0.15, 0.2) is 46.9 Å². The Bertz CT molecular complexity index is 657. The largest absolute Gasteiger partial charge is 0.489 e. The molecule has 0 spiro atoms. The van der Waals surface area contributed by atoms with Gasteiger partial charge in [0.1, 0.15) is 18.6 Å². The van der Waals surface area contributed by atoms with E-state index in [0.717, 1.165) is 6.29 Å². The van der Waals surface area contributed by atoms with E-state index in [4.69, 9.17) is 4.74 Å². The summed E-state index contributed by atoms with van der Waals surface area (Å²) in [7, 11) is 0. The Morgan fingerprint density at radius 2 is 2.05 bits per heavy atom. The fourth-order valence-electron chi connectivity index (χ4n) is 1.67. The van der Waals surface area contributed by atoms with Crippen molar-refractivity contribution in [3.8, 4) is 5.75 Å². The number of benzene rings is 2. The van der Waals surface area contributed by atoms with Crippen molar-refractivity contribution in [3.63, 3.8) is 0 Å². The minimum Gasteiger partial charge on any atom is -0.489 e. The highest BCUT2D eigenvalue weighted by molar-refractivity contribution is 9.10. The Morgan fingerprint density at radius 1 is 1.25 bits per heavy atom. The Hall–Kier alpha value is -2.21. The molecule has 20 heavy (non-hydrogen) atoms. The van der Waals surface area contributed by atoms with E-state index in [1.54, 1.807) is 36.4 Å². The fraction of sp³-hybridized carbons (Fsp3) is 0.0714. The summed E-state index contributed by atoms with van der Waals surface area (Å²) in [5.41, 5.74) is 0.952. The molecule has 5 nitrogen and oxygen atoms in total. The third-order valence-electron chi connectivity index (χ3n) is 2.63. The molecular weight excluding hydrogens is 326 g/mol. The number of carbonyl (C=O) groups is 1. The molecular formula is C14H10BrNO4. The van der Waals surface area contributed by atoms with Gasteiger partial charge in [0.25, 0.3) is 5.69 Å². The highest BCUT2D eigenvalue weighted by atomic mass is 79.9. The molecule has 0 atom stereocenters. The Labute approximate surface area is 123 Å². The standard InChI is InChI=1S/C14H10BrNO4/c15-12-5-4-11(14(7-12)16(18)19)9-20-13-3-1-2-10(6-13)8-17/h1-8H,9H2. The second-order valence-electron chi connectivity index (χ2n) is 4.01. The van der Waals surface area contributed by atoms with Crippen molar-refractivity contribution in [2.24, 2.45) is 0 Å². The van der Waals surface area contributed by atoms with E-state index in [1.807, 2.05) is 0 Å². The molecule has 0 fully saturated rings. The van der Waals surface area contributed by atoms with Crippen molar-refractivity contribution < 1.29 is 14.5 Å². The van der Waals surface area contributed by atoms with Gasteiger partial charge < -0.3 is 4.74 Å². The smallest absolute Gasteiger partial charge is 0.277 e. The maximum absolute atomic E-state index is 11.0. The summed E-state index contributed by atoms with van der Waals surface area (Å²) in [4.78, 5) is 21.2. The first-order chi connectivity index (χ1) is 9.60. The summed E-state index contributed by atoms with van der Waals surface area (Å²) in [5.74, 6) is 0.492. The Morgan fingerprint density at radius 3 is 2.75 bits per heavy atom. The molecule has 0 aliphatic heterocycles. The van der Waals surface area contributed by atoms with Gasteiger partial charge in [-0.1, -0.05) is 28.1 Å². The van der Waals surface area contributed by atoms with Crippen LogP contribution in [-0.4, -0.2) is 11.2 Å². The van der Waals surface area contributed by atoms with Crippen molar-refractivity contribution in [1.82, 2.24) is 0 Å². The van der Waals surface area contributed by atoms with Crippen molar-refractivity contribution in [1.29, 1.82) is 0 Å². The number of carbonyl (C=O) groups excluding carboxylic acids is 1. The first-order valence-corrected chi connectivity index (χ1v) is 6.50. The van der Waals surface area contributed by atoms with Gasteiger partial charge in [-0.3, -0.25) is 14.9 Å². The molecule has 0 aliphatic carbocycles. The van der Waals surface area contributed by atoms with Crippen LogP contribution >= 0.6 is 15.9 Å². The van der Waals surface area contributed by atoms with Gasteiger partial charge in [-0.2, -0.15) is 0 Å². The lowest BCUT2D eigenvalue weighted by Gasteiger charge is -2.07. The number of nitro benzene ring substituents is 1. The van der Waals surface area contributed by atoms with Crippen molar-refractivity contribution in [3.05, 3.63) is 68.2 Å². The SMILES string of the molecule is O=Cc1cccc(OCc2ccc(Br)cc2[N+](=O)[O-])c1. The Kier molecular flexibility index (Phi) is 4.47. The summed E-state index contributed by atoms with van der Waals surface area (Å²) < 4.78 is 6.12. The predicted octanol–water partition coefficient (Wildman–Crippen LogP) is 3.75. The van der Waals surface area contributed by atoms with Gasteiger partial charge >= 0.3 is 0 Å². The minimum absolute atomic E-state index is 0.00841. The zero-order valence-corrected chi connectivity index (χ0v) is 11.9. The number of aldehydes is 1. The average molecular weight is 336 g/mol. The monoisotopic (exact) mass is 335 g/mol. The van der Waals surface area contributed by atoms with E-state index in [1.165, 1.54) is 6.07 Å². The maximum atomic E-state index is 11.0. The first kappa shape index (κ1) is 14.2. The van der Waals surface area contributed by atoms with Crippen LogP contribution in [0.4, 0.5) is 5.69 Å². The number of ether oxygens (including phenoxy) is 1. The Balaban J connectivity index is 2.18. The molecule has 0 bridgehead atoms. The molecule has 0 saturated heterocycles. The first-order valence-electron chi connectivity index (χ1n) is 5.71. The maximum Gasteiger partial charge on any atom is 0.277 e. The van der Waals surface area contributed by atoms with Gasteiger partial charge in [-0.15, -0.1) is 0 Å². The van der Waals surface area contributed by atoms with Crippen molar-refractivity contribution >= 4 is 27.9 Å². The minimum atomic E-state index is -0.453. The molecule has 0 amide bonds.